The molecule has 2 aromatic heterocycles. The first-order valence-corrected chi connectivity index (χ1v) is 6.72. The van der Waals surface area contributed by atoms with Gasteiger partial charge in [-0.05, 0) is 19.1 Å². The Bertz CT molecular complexity index is 629. The number of pyridine rings is 1. The molecule has 2 rings (SSSR count). The maximum absolute atomic E-state index is 12.0. The van der Waals surface area contributed by atoms with Gasteiger partial charge in [0.05, 0.1) is 10.9 Å². The van der Waals surface area contributed by atoms with E-state index in [0.717, 1.165) is 0 Å². The SMILES string of the molecule is CC(NS(=O)(=O)c1ccnc(Cl)c1)c1nn[nH]n1. The molecule has 0 spiro atoms. The van der Waals surface area contributed by atoms with Crippen LogP contribution in [0.3, 0.4) is 0 Å². The number of H-pyrrole nitrogens is 1. The van der Waals surface area contributed by atoms with Crippen LogP contribution in [0.5, 0.6) is 0 Å². The third-order valence-corrected chi connectivity index (χ3v) is 3.83. The quantitative estimate of drug-likeness (QED) is 0.782. The molecule has 0 amide bonds. The van der Waals surface area contributed by atoms with Crippen LogP contribution in [0.4, 0.5) is 0 Å². The van der Waals surface area contributed by atoms with E-state index >= 15 is 0 Å². The molecule has 2 heterocycles. The molecule has 8 nitrogen and oxygen atoms in total. The molecule has 0 fully saturated rings. The monoisotopic (exact) mass is 288 g/mol. The fourth-order valence-electron chi connectivity index (χ4n) is 1.26. The number of tetrazole rings is 1. The van der Waals surface area contributed by atoms with E-state index in [1.165, 1.54) is 18.3 Å². The Balaban J connectivity index is 2.22. The molecule has 0 aliphatic carbocycles. The lowest BCUT2D eigenvalue weighted by atomic mass is 10.4. The second kappa shape index (κ2) is 4.96. The maximum atomic E-state index is 12.0. The minimum atomic E-state index is -3.70. The maximum Gasteiger partial charge on any atom is 0.241 e. The summed E-state index contributed by atoms with van der Waals surface area (Å²) in [4.78, 5) is 3.74. The molecule has 0 aromatic carbocycles. The van der Waals surface area contributed by atoms with Crippen molar-refractivity contribution in [1.29, 1.82) is 0 Å². The Labute approximate surface area is 108 Å². The molecule has 0 saturated carbocycles. The van der Waals surface area contributed by atoms with Crippen LogP contribution in [0.15, 0.2) is 23.2 Å². The normalized spacial score (nSPS) is 13.4. The Morgan fingerprint density at radius 2 is 2.28 bits per heavy atom. The molecular weight excluding hydrogens is 280 g/mol. The van der Waals surface area contributed by atoms with Crippen molar-refractivity contribution in [2.45, 2.75) is 17.9 Å². The Morgan fingerprint density at radius 3 is 2.89 bits per heavy atom. The van der Waals surface area contributed by atoms with E-state index < -0.39 is 16.1 Å². The van der Waals surface area contributed by atoms with Crippen molar-refractivity contribution in [1.82, 2.24) is 30.3 Å². The zero-order valence-electron chi connectivity index (χ0n) is 9.20. The van der Waals surface area contributed by atoms with Gasteiger partial charge in [-0.3, -0.25) is 0 Å². The lowest BCUT2D eigenvalue weighted by Crippen LogP contribution is -2.27. The summed E-state index contributed by atoms with van der Waals surface area (Å²) in [5.41, 5.74) is 0. The first-order chi connectivity index (χ1) is 8.49. The van der Waals surface area contributed by atoms with Gasteiger partial charge in [0.15, 0.2) is 5.82 Å². The molecular formula is C8H9ClN6O2S. The standard InChI is InChI=1S/C8H9ClN6O2S/c1-5(8-11-14-15-12-8)13-18(16,17)6-2-3-10-7(9)4-6/h2-5,13H,1H3,(H,11,12,14,15). The minimum absolute atomic E-state index is 0.0258. The van der Waals surface area contributed by atoms with Gasteiger partial charge in [-0.25, -0.2) is 18.1 Å². The average Bonchev–Trinajstić information content (AvgIpc) is 2.82. The molecule has 2 aromatic rings. The van der Waals surface area contributed by atoms with E-state index in [9.17, 15) is 8.42 Å². The third-order valence-electron chi connectivity index (χ3n) is 2.09. The molecule has 18 heavy (non-hydrogen) atoms. The largest absolute Gasteiger partial charge is 0.244 e. The predicted octanol–water partition coefficient (Wildman–Crippen LogP) is 0.288. The van der Waals surface area contributed by atoms with Crippen molar-refractivity contribution < 1.29 is 8.42 Å². The van der Waals surface area contributed by atoms with Crippen LogP contribution in [-0.2, 0) is 10.0 Å². The fraction of sp³-hybridized carbons (Fsp3) is 0.250. The highest BCUT2D eigenvalue weighted by Gasteiger charge is 2.21. The van der Waals surface area contributed by atoms with Gasteiger partial charge in [0.25, 0.3) is 0 Å². The van der Waals surface area contributed by atoms with Crippen LogP contribution >= 0.6 is 11.6 Å². The van der Waals surface area contributed by atoms with E-state index in [1.54, 1.807) is 6.92 Å². The fourth-order valence-corrected chi connectivity index (χ4v) is 2.71. The van der Waals surface area contributed by atoms with E-state index in [2.05, 4.69) is 30.3 Å². The number of sulfonamides is 1. The summed E-state index contributed by atoms with van der Waals surface area (Å²) < 4.78 is 26.4. The Hall–Kier alpha value is -1.58. The summed E-state index contributed by atoms with van der Waals surface area (Å²) in [7, 11) is -3.70. The molecule has 0 aliphatic heterocycles. The Kier molecular flexibility index (Phi) is 3.55. The van der Waals surface area contributed by atoms with Crippen LogP contribution in [0.25, 0.3) is 0 Å². The molecule has 1 unspecified atom stereocenters. The van der Waals surface area contributed by atoms with Gasteiger partial charge < -0.3 is 0 Å². The van der Waals surface area contributed by atoms with E-state index in [-0.39, 0.29) is 15.9 Å². The minimum Gasteiger partial charge on any atom is -0.244 e. The molecule has 0 bridgehead atoms. The van der Waals surface area contributed by atoms with Crippen molar-refractivity contribution >= 4 is 21.6 Å². The second-order valence-electron chi connectivity index (χ2n) is 3.43. The lowest BCUT2D eigenvalue weighted by molar-refractivity contribution is 0.560. The summed E-state index contributed by atoms with van der Waals surface area (Å²) in [6.45, 7) is 1.60. The highest BCUT2D eigenvalue weighted by molar-refractivity contribution is 7.89. The molecule has 2 N–H and O–H groups in total. The summed E-state index contributed by atoms with van der Waals surface area (Å²) in [6, 6.07) is 1.99. The van der Waals surface area contributed by atoms with Crippen molar-refractivity contribution in [3.05, 3.63) is 29.3 Å². The first-order valence-electron chi connectivity index (χ1n) is 4.86. The summed E-state index contributed by atoms with van der Waals surface area (Å²) in [5, 5.41) is 13.1. The van der Waals surface area contributed by atoms with Crippen LogP contribution in [-0.4, -0.2) is 34.0 Å². The highest BCUT2D eigenvalue weighted by Crippen LogP contribution is 2.15. The van der Waals surface area contributed by atoms with Crippen LogP contribution in [0.2, 0.25) is 5.15 Å². The number of rotatable bonds is 4. The van der Waals surface area contributed by atoms with E-state index in [1.807, 2.05) is 0 Å². The van der Waals surface area contributed by atoms with Crippen LogP contribution in [0, 0.1) is 0 Å². The molecule has 0 aliphatic rings. The summed E-state index contributed by atoms with van der Waals surface area (Å²) in [6.07, 6.45) is 1.32. The first kappa shape index (κ1) is 12.9. The van der Waals surface area contributed by atoms with Crippen molar-refractivity contribution in [2.75, 3.05) is 0 Å². The van der Waals surface area contributed by atoms with Crippen LogP contribution < -0.4 is 4.72 Å². The van der Waals surface area contributed by atoms with E-state index in [4.69, 9.17) is 11.6 Å². The summed E-state index contributed by atoms with van der Waals surface area (Å²) >= 11 is 5.64. The van der Waals surface area contributed by atoms with Gasteiger partial charge >= 0.3 is 0 Å². The van der Waals surface area contributed by atoms with Gasteiger partial charge in [-0.1, -0.05) is 16.8 Å². The van der Waals surface area contributed by atoms with E-state index in [0.29, 0.717) is 0 Å². The van der Waals surface area contributed by atoms with Crippen molar-refractivity contribution in [3.63, 3.8) is 0 Å². The molecule has 10 heteroatoms. The zero-order chi connectivity index (χ0) is 13.2. The van der Waals surface area contributed by atoms with Gasteiger partial charge in [-0.15, -0.1) is 10.2 Å². The zero-order valence-corrected chi connectivity index (χ0v) is 10.8. The average molecular weight is 289 g/mol. The number of aromatic nitrogens is 5. The number of hydrogen-bond acceptors (Lipinski definition) is 6. The van der Waals surface area contributed by atoms with Crippen LogP contribution in [0.1, 0.15) is 18.8 Å². The number of aromatic amines is 1. The molecule has 0 radical (unpaired) electrons. The lowest BCUT2D eigenvalue weighted by Gasteiger charge is -2.10. The molecule has 96 valence electrons. The van der Waals surface area contributed by atoms with Gasteiger partial charge in [0, 0.05) is 6.20 Å². The number of hydrogen-bond donors (Lipinski definition) is 2. The van der Waals surface area contributed by atoms with Gasteiger partial charge in [0.1, 0.15) is 5.15 Å². The topological polar surface area (TPSA) is 114 Å². The smallest absolute Gasteiger partial charge is 0.241 e. The number of nitrogens with zero attached hydrogens (tertiary/aromatic N) is 4. The summed E-state index contributed by atoms with van der Waals surface area (Å²) in [5.74, 6) is 0.249. The van der Waals surface area contributed by atoms with Gasteiger partial charge in [-0.2, -0.15) is 5.21 Å². The van der Waals surface area contributed by atoms with Crippen molar-refractivity contribution in [2.24, 2.45) is 0 Å². The second-order valence-corrected chi connectivity index (χ2v) is 5.53. The number of nitrogens with one attached hydrogen (secondary N) is 2. The molecule has 1 atom stereocenters. The Morgan fingerprint density at radius 1 is 1.50 bits per heavy atom. The third kappa shape index (κ3) is 2.81. The predicted molar refractivity (Wildman–Crippen MR) is 62.2 cm³/mol. The highest BCUT2D eigenvalue weighted by atomic mass is 35.5. The van der Waals surface area contributed by atoms with Crippen molar-refractivity contribution in [3.8, 4) is 0 Å². The van der Waals surface area contributed by atoms with Gasteiger partial charge in [0.2, 0.25) is 10.0 Å². The molecule has 0 saturated heterocycles. The number of halogens is 1.